The van der Waals surface area contributed by atoms with Gasteiger partial charge in [0.2, 0.25) is 0 Å². The Morgan fingerprint density at radius 2 is 1.82 bits per heavy atom. The molecule has 0 bridgehead atoms. The molecule has 0 amide bonds. The lowest BCUT2D eigenvalue weighted by Gasteiger charge is -2.28. The number of nitrogens with zero attached hydrogens (tertiary/aromatic N) is 2. The minimum absolute atomic E-state index is 0.196. The van der Waals surface area contributed by atoms with Gasteiger partial charge in [-0.3, -0.25) is 0 Å². The first kappa shape index (κ1) is 24.7. The van der Waals surface area contributed by atoms with Crippen LogP contribution in [-0.2, 0) is 6.54 Å². The van der Waals surface area contributed by atoms with Crippen LogP contribution >= 0.6 is 0 Å². The van der Waals surface area contributed by atoms with Crippen LogP contribution in [0.2, 0.25) is 0 Å². The van der Waals surface area contributed by atoms with E-state index in [0.717, 1.165) is 25.2 Å². The molecule has 0 aromatic heterocycles. The lowest BCUT2D eigenvalue weighted by molar-refractivity contribution is 0.0668. The third-order valence-electron chi connectivity index (χ3n) is 4.72. The first-order valence-corrected chi connectivity index (χ1v) is 10.1. The van der Waals surface area contributed by atoms with E-state index in [0.29, 0.717) is 24.1 Å². The van der Waals surface area contributed by atoms with Gasteiger partial charge in [0.05, 0.1) is 7.11 Å². The Kier molecular flexibility index (Phi) is 10.2. The van der Waals surface area contributed by atoms with E-state index in [9.17, 15) is 5.11 Å². The highest BCUT2D eigenvalue weighted by Gasteiger charge is 2.18. The van der Waals surface area contributed by atoms with Crippen molar-refractivity contribution in [3.8, 4) is 11.5 Å². The highest BCUT2D eigenvalue weighted by molar-refractivity contribution is 5.43. The summed E-state index contributed by atoms with van der Waals surface area (Å²) in [5, 5.41) is 13.8. The molecule has 0 aliphatic carbocycles. The smallest absolute Gasteiger partial charge is 0.161 e. The molecule has 2 N–H and O–H groups in total. The van der Waals surface area contributed by atoms with Crippen LogP contribution in [0.15, 0.2) is 18.2 Å². The summed E-state index contributed by atoms with van der Waals surface area (Å²) in [5.41, 5.74) is 1.33. The second-order valence-corrected chi connectivity index (χ2v) is 8.99. The molecule has 1 rings (SSSR count). The number of aliphatic hydroxyl groups is 1. The molecule has 162 valence electrons. The molecule has 0 radical (unpaired) electrons. The van der Waals surface area contributed by atoms with Gasteiger partial charge in [-0.25, -0.2) is 0 Å². The molecule has 28 heavy (non-hydrogen) atoms. The number of ether oxygens (including phenoxy) is 2. The number of nitrogens with one attached hydrogen (secondary N) is 1. The summed E-state index contributed by atoms with van der Waals surface area (Å²) in [7, 11) is 7.83. The quantitative estimate of drug-likeness (QED) is 0.535. The standard InChI is InChI=1S/C22H41N3O3/c1-17(2)25(7)13-19(26)14-28-21-11-18(9-10-20(21)27-8)12-23-15-22(3,4)16-24(5)6/h9-11,17,19,23,26H,12-16H2,1-8H3. The predicted octanol–water partition coefficient (Wildman–Crippen LogP) is 2.45. The van der Waals surface area contributed by atoms with Crippen LogP contribution in [0, 0.1) is 5.41 Å². The van der Waals surface area contributed by atoms with Gasteiger partial charge >= 0.3 is 0 Å². The van der Waals surface area contributed by atoms with Crippen molar-refractivity contribution in [2.75, 3.05) is 54.5 Å². The number of aliphatic hydroxyl groups excluding tert-OH is 1. The van der Waals surface area contributed by atoms with Crippen molar-refractivity contribution in [3.05, 3.63) is 23.8 Å². The molecule has 0 saturated heterocycles. The number of hydrogen-bond acceptors (Lipinski definition) is 6. The topological polar surface area (TPSA) is 57.2 Å². The van der Waals surface area contributed by atoms with Gasteiger partial charge in [0, 0.05) is 32.2 Å². The first-order valence-electron chi connectivity index (χ1n) is 10.1. The van der Waals surface area contributed by atoms with Crippen molar-refractivity contribution < 1.29 is 14.6 Å². The van der Waals surface area contributed by atoms with E-state index in [2.05, 4.69) is 56.9 Å². The van der Waals surface area contributed by atoms with E-state index < -0.39 is 6.10 Å². The Morgan fingerprint density at radius 3 is 2.39 bits per heavy atom. The van der Waals surface area contributed by atoms with Crippen molar-refractivity contribution in [1.29, 1.82) is 0 Å². The van der Waals surface area contributed by atoms with Crippen molar-refractivity contribution in [1.82, 2.24) is 15.1 Å². The summed E-state index contributed by atoms with van der Waals surface area (Å²) in [6.07, 6.45) is -0.550. The molecule has 1 aromatic carbocycles. The summed E-state index contributed by atoms with van der Waals surface area (Å²) >= 11 is 0. The fraction of sp³-hybridized carbons (Fsp3) is 0.727. The van der Waals surface area contributed by atoms with E-state index in [1.807, 2.05) is 25.2 Å². The third kappa shape index (κ3) is 9.24. The van der Waals surface area contributed by atoms with E-state index in [-0.39, 0.29) is 12.0 Å². The van der Waals surface area contributed by atoms with Crippen molar-refractivity contribution >= 4 is 0 Å². The minimum atomic E-state index is -0.550. The van der Waals surface area contributed by atoms with Crippen LogP contribution in [0.5, 0.6) is 11.5 Å². The Bertz CT molecular complexity index is 576. The van der Waals surface area contributed by atoms with Crippen molar-refractivity contribution in [3.63, 3.8) is 0 Å². The molecule has 6 nitrogen and oxygen atoms in total. The van der Waals surface area contributed by atoms with Crippen LogP contribution in [0.3, 0.4) is 0 Å². The summed E-state index contributed by atoms with van der Waals surface area (Å²) < 4.78 is 11.3. The van der Waals surface area contributed by atoms with Crippen LogP contribution in [0.4, 0.5) is 0 Å². The fourth-order valence-electron chi connectivity index (χ4n) is 3.18. The van der Waals surface area contributed by atoms with Crippen molar-refractivity contribution in [2.45, 2.75) is 46.4 Å². The van der Waals surface area contributed by atoms with Crippen molar-refractivity contribution in [2.24, 2.45) is 5.41 Å². The van der Waals surface area contributed by atoms with Gasteiger partial charge in [-0.15, -0.1) is 0 Å². The van der Waals surface area contributed by atoms with Crippen LogP contribution in [-0.4, -0.2) is 81.5 Å². The summed E-state index contributed by atoms with van der Waals surface area (Å²) in [6.45, 7) is 12.3. The average Bonchev–Trinajstić information content (AvgIpc) is 2.58. The van der Waals surface area contributed by atoms with E-state index in [1.165, 1.54) is 0 Å². The van der Waals surface area contributed by atoms with Gasteiger partial charge in [-0.2, -0.15) is 0 Å². The zero-order valence-electron chi connectivity index (χ0n) is 19.1. The maximum atomic E-state index is 10.2. The predicted molar refractivity (Wildman–Crippen MR) is 116 cm³/mol. The fourth-order valence-corrected chi connectivity index (χ4v) is 3.18. The molecule has 0 fully saturated rings. The molecule has 1 atom stereocenters. The van der Waals surface area contributed by atoms with Crippen LogP contribution < -0.4 is 14.8 Å². The largest absolute Gasteiger partial charge is 0.493 e. The maximum Gasteiger partial charge on any atom is 0.161 e. The molecule has 0 aliphatic rings. The number of hydrogen-bond donors (Lipinski definition) is 2. The molecule has 1 unspecified atom stereocenters. The van der Waals surface area contributed by atoms with Gasteiger partial charge in [0.1, 0.15) is 12.7 Å². The van der Waals surface area contributed by atoms with Gasteiger partial charge in [0.25, 0.3) is 0 Å². The second kappa shape index (κ2) is 11.6. The molecule has 0 heterocycles. The molecular weight excluding hydrogens is 354 g/mol. The molecule has 1 aromatic rings. The normalized spacial score (nSPS) is 13.4. The number of benzene rings is 1. The summed E-state index contributed by atoms with van der Waals surface area (Å²) in [5.74, 6) is 1.35. The Hall–Kier alpha value is -1.34. The lowest BCUT2D eigenvalue weighted by Crippen LogP contribution is -2.37. The van der Waals surface area contributed by atoms with E-state index >= 15 is 0 Å². The monoisotopic (exact) mass is 395 g/mol. The molecule has 0 saturated carbocycles. The highest BCUT2D eigenvalue weighted by Crippen LogP contribution is 2.28. The Labute approximate surface area is 171 Å². The summed E-state index contributed by atoms with van der Waals surface area (Å²) in [4.78, 5) is 4.31. The van der Waals surface area contributed by atoms with Crippen LogP contribution in [0.25, 0.3) is 0 Å². The Balaban J connectivity index is 2.62. The zero-order valence-corrected chi connectivity index (χ0v) is 19.1. The highest BCUT2D eigenvalue weighted by atomic mass is 16.5. The van der Waals surface area contributed by atoms with E-state index in [1.54, 1.807) is 7.11 Å². The van der Waals surface area contributed by atoms with Gasteiger partial charge in [-0.05, 0) is 58.1 Å². The number of methoxy groups -OCH3 is 1. The van der Waals surface area contributed by atoms with E-state index in [4.69, 9.17) is 9.47 Å². The lowest BCUT2D eigenvalue weighted by atomic mass is 9.93. The SMILES string of the molecule is COc1ccc(CNCC(C)(C)CN(C)C)cc1OCC(O)CN(C)C(C)C. The second-order valence-electron chi connectivity index (χ2n) is 8.99. The number of likely N-dealkylation sites (N-methyl/N-ethyl adjacent to an activating group) is 1. The Morgan fingerprint density at radius 1 is 1.14 bits per heavy atom. The molecule has 0 aliphatic heterocycles. The van der Waals surface area contributed by atoms with Crippen LogP contribution in [0.1, 0.15) is 33.3 Å². The van der Waals surface area contributed by atoms with Gasteiger partial charge < -0.3 is 29.7 Å². The van der Waals surface area contributed by atoms with Gasteiger partial charge in [0.15, 0.2) is 11.5 Å². The minimum Gasteiger partial charge on any atom is -0.493 e. The molecular formula is C22H41N3O3. The summed E-state index contributed by atoms with van der Waals surface area (Å²) in [6, 6.07) is 6.34. The number of rotatable bonds is 13. The molecule has 6 heteroatoms. The molecule has 0 spiro atoms. The third-order valence-corrected chi connectivity index (χ3v) is 4.72. The average molecular weight is 396 g/mol. The first-order chi connectivity index (χ1) is 13.0. The maximum absolute atomic E-state index is 10.2. The zero-order chi connectivity index (χ0) is 21.3. The van der Waals surface area contributed by atoms with Gasteiger partial charge in [-0.1, -0.05) is 19.9 Å².